The highest BCUT2D eigenvalue weighted by Gasteiger charge is 2.15. The van der Waals surface area contributed by atoms with E-state index in [0.717, 1.165) is 22.6 Å². The SMILES string of the molecule is CN(CCOCCN)c1ncnc2scc(-c3ccccc3)c12. The van der Waals surface area contributed by atoms with Crippen LogP contribution in [0.2, 0.25) is 0 Å². The van der Waals surface area contributed by atoms with Crippen LogP contribution in [0.15, 0.2) is 42.0 Å². The number of hydrogen-bond acceptors (Lipinski definition) is 6. The topological polar surface area (TPSA) is 64.3 Å². The number of ether oxygens (including phenoxy) is 1. The fourth-order valence-corrected chi connectivity index (χ4v) is 3.38. The van der Waals surface area contributed by atoms with E-state index in [9.17, 15) is 0 Å². The second kappa shape index (κ2) is 7.50. The maximum absolute atomic E-state index is 5.48. The second-order valence-corrected chi connectivity index (χ2v) is 6.07. The van der Waals surface area contributed by atoms with Gasteiger partial charge in [-0.15, -0.1) is 11.3 Å². The number of anilines is 1. The second-order valence-electron chi connectivity index (χ2n) is 5.22. The van der Waals surface area contributed by atoms with E-state index >= 15 is 0 Å². The van der Waals surface area contributed by atoms with Crippen LogP contribution in [0.3, 0.4) is 0 Å². The van der Waals surface area contributed by atoms with Crippen LogP contribution >= 0.6 is 11.3 Å². The molecular formula is C17H20N4OS. The molecule has 0 saturated carbocycles. The molecule has 0 fully saturated rings. The van der Waals surface area contributed by atoms with Crippen LogP contribution in [-0.2, 0) is 4.74 Å². The Labute approximate surface area is 139 Å². The van der Waals surface area contributed by atoms with Crippen LogP contribution in [0.5, 0.6) is 0 Å². The normalized spacial score (nSPS) is 11.0. The molecule has 0 amide bonds. The van der Waals surface area contributed by atoms with Gasteiger partial charge in [-0.25, -0.2) is 9.97 Å². The molecule has 3 aromatic rings. The lowest BCUT2D eigenvalue weighted by molar-refractivity contribution is 0.148. The van der Waals surface area contributed by atoms with E-state index in [2.05, 4.69) is 32.4 Å². The lowest BCUT2D eigenvalue weighted by atomic mass is 10.1. The monoisotopic (exact) mass is 328 g/mol. The molecule has 0 aliphatic heterocycles. The van der Waals surface area contributed by atoms with Crippen LogP contribution in [0, 0.1) is 0 Å². The van der Waals surface area contributed by atoms with Crippen molar-refractivity contribution >= 4 is 27.4 Å². The molecule has 2 aromatic heterocycles. The molecule has 1 aromatic carbocycles. The Morgan fingerprint density at radius 3 is 2.78 bits per heavy atom. The first kappa shape index (κ1) is 15.9. The molecule has 0 bridgehead atoms. The van der Waals surface area contributed by atoms with E-state index in [4.69, 9.17) is 10.5 Å². The lowest BCUT2D eigenvalue weighted by Crippen LogP contribution is -2.24. The average Bonchev–Trinajstić information content (AvgIpc) is 3.03. The van der Waals surface area contributed by atoms with Crippen molar-refractivity contribution in [3.63, 3.8) is 0 Å². The van der Waals surface area contributed by atoms with E-state index in [0.29, 0.717) is 19.8 Å². The van der Waals surface area contributed by atoms with E-state index in [1.165, 1.54) is 11.1 Å². The standard InChI is InChI=1S/C17H20N4OS/c1-21(8-10-22-9-7-18)16-15-14(13-5-3-2-4-6-13)11-23-17(15)20-12-19-16/h2-6,11-12H,7-10,18H2,1H3. The summed E-state index contributed by atoms with van der Waals surface area (Å²) in [6.45, 7) is 2.52. The minimum absolute atomic E-state index is 0.546. The van der Waals surface area contributed by atoms with Gasteiger partial charge >= 0.3 is 0 Å². The zero-order valence-corrected chi connectivity index (χ0v) is 13.9. The van der Waals surface area contributed by atoms with Gasteiger partial charge in [-0.3, -0.25) is 0 Å². The zero-order valence-electron chi connectivity index (χ0n) is 13.1. The fourth-order valence-electron chi connectivity index (χ4n) is 2.47. The summed E-state index contributed by atoms with van der Waals surface area (Å²) in [5.41, 5.74) is 7.80. The van der Waals surface area contributed by atoms with Gasteiger partial charge in [0, 0.05) is 31.1 Å². The molecule has 0 unspecified atom stereocenters. The van der Waals surface area contributed by atoms with E-state index < -0.39 is 0 Å². The molecule has 23 heavy (non-hydrogen) atoms. The third kappa shape index (κ3) is 3.50. The lowest BCUT2D eigenvalue weighted by Gasteiger charge is -2.19. The molecule has 0 radical (unpaired) electrons. The van der Waals surface area contributed by atoms with Gasteiger partial charge in [0.05, 0.1) is 18.6 Å². The van der Waals surface area contributed by atoms with E-state index in [1.54, 1.807) is 17.7 Å². The summed E-state index contributed by atoms with van der Waals surface area (Å²) in [5, 5.41) is 3.25. The van der Waals surface area contributed by atoms with Gasteiger partial charge < -0.3 is 15.4 Å². The van der Waals surface area contributed by atoms with Crippen molar-refractivity contribution in [3.8, 4) is 11.1 Å². The number of hydrogen-bond donors (Lipinski definition) is 1. The molecular weight excluding hydrogens is 308 g/mol. The quantitative estimate of drug-likeness (QED) is 0.676. The van der Waals surface area contributed by atoms with Gasteiger partial charge in [0.15, 0.2) is 0 Å². The summed E-state index contributed by atoms with van der Waals surface area (Å²) in [6, 6.07) is 10.3. The van der Waals surface area contributed by atoms with Crippen LogP contribution in [0.25, 0.3) is 21.3 Å². The molecule has 0 atom stereocenters. The molecule has 0 spiro atoms. The largest absolute Gasteiger partial charge is 0.378 e. The van der Waals surface area contributed by atoms with Gasteiger partial charge in [-0.05, 0) is 5.56 Å². The first-order valence-electron chi connectivity index (χ1n) is 7.58. The molecule has 0 aliphatic rings. The van der Waals surface area contributed by atoms with Crippen LogP contribution in [0.1, 0.15) is 0 Å². The molecule has 2 N–H and O–H groups in total. The summed E-state index contributed by atoms with van der Waals surface area (Å²) >= 11 is 1.65. The van der Waals surface area contributed by atoms with Crippen molar-refractivity contribution in [2.24, 2.45) is 5.73 Å². The Kier molecular flexibility index (Phi) is 5.17. The number of fused-ring (bicyclic) bond motifs is 1. The predicted octanol–water partition coefficient (Wildman–Crippen LogP) is 2.77. The van der Waals surface area contributed by atoms with Gasteiger partial charge in [-0.1, -0.05) is 30.3 Å². The van der Waals surface area contributed by atoms with Crippen molar-refractivity contribution < 1.29 is 4.74 Å². The van der Waals surface area contributed by atoms with Crippen molar-refractivity contribution in [2.45, 2.75) is 0 Å². The van der Waals surface area contributed by atoms with Crippen molar-refractivity contribution in [1.82, 2.24) is 9.97 Å². The molecule has 0 aliphatic carbocycles. The van der Waals surface area contributed by atoms with E-state index in [-0.39, 0.29) is 0 Å². The van der Waals surface area contributed by atoms with Gasteiger partial charge in [-0.2, -0.15) is 0 Å². The first-order chi connectivity index (χ1) is 11.3. The molecule has 6 heteroatoms. The first-order valence-corrected chi connectivity index (χ1v) is 8.46. The third-order valence-corrected chi connectivity index (χ3v) is 4.52. The number of likely N-dealkylation sites (N-methyl/N-ethyl adjacent to an activating group) is 1. The maximum atomic E-state index is 5.48. The molecule has 5 nitrogen and oxygen atoms in total. The number of aromatic nitrogens is 2. The highest BCUT2D eigenvalue weighted by molar-refractivity contribution is 7.17. The highest BCUT2D eigenvalue weighted by Crippen LogP contribution is 2.37. The summed E-state index contributed by atoms with van der Waals surface area (Å²) in [5.74, 6) is 0.937. The third-order valence-electron chi connectivity index (χ3n) is 3.63. The van der Waals surface area contributed by atoms with Gasteiger partial charge in [0.2, 0.25) is 0 Å². The Morgan fingerprint density at radius 2 is 2.00 bits per heavy atom. The summed E-state index contributed by atoms with van der Waals surface area (Å²) in [7, 11) is 2.03. The summed E-state index contributed by atoms with van der Waals surface area (Å²) in [4.78, 5) is 12.0. The number of thiophene rings is 1. The van der Waals surface area contributed by atoms with Crippen molar-refractivity contribution in [2.75, 3.05) is 38.3 Å². The molecule has 2 heterocycles. The highest BCUT2D eigenvalue weighted by atomic mass is 32.1. The van der Waals surface area contributed by atoms with Crippen molar-refractivity contribution in [1.29, 1.82) is 0 Å². The Hall–Kier alpha value is -2.02. The van der Waals surface area contributed by atoms with Gasteiger partial charge in [0.1, 0.15) is 17.0 Å². The zero-order chi connectivity index (χ0) is 16.1. The van der Waals surface area contributed by atoms with Crippen LogP contribution in [-0.4, -0.2) is 43.3 Å². The predicted molar refractivity (Wildman–Crippen MR) is 96.0 cm³/mol. The minimum Gasteiger partial charge on any atom is -0.378 e. The Morgan fingerprint density at radius 1 is 1.17 bits per heavy atom. The van der Waals surface area contributed by atoms with Gasteiger partial charge in [0.25, 0.3) is 0 Å². The number of nitrogens with two attached hydrogens (primary N) is 1. The Balaban J connectivity index is 1.93. The summed E-state index contributed by atoms with van der Waals surface area (Å²) in [6.07, 6.45) is 1.63. The number of rotatable bonds is 7. The van der Waals surface area contributed by atoms with Crippen LogP contribution in [0.4, 0.5) is 5.82 Å². The molecule has 120 valence electrons. The number of benzene rings is 1. The Bertz CT molecular complexity index is 760. The minimum atomic E-state index is 0.546. The number of nitrogens with zero attached hydrogens (tertiary/aromatic N) is 3. The summed E-state index contributed by atoms with van der Waals surface area (Å²) < 4.78 is 5.48. The molecule has 3 rings (SSSR count). The maximum Gasteiger partial charge on any atom is 0.141 e. The van der Waals surface area contributed by atoms with E-state index in [1.807, 2.05) is 25.2 Å². The average molecular weight is 328 g/mol. The van der Waals surface area contributed by atoms with Crippen LogP contribution < -0.4 is 10.6 Å². The van der Waals surface area contributed by atoms with Crippen molar-refractivity contribution in [3.05, 3.63) is 42.0 Å². The fraction of sp³-hybridized carbons (Fsp3) is 0.294. The smallest absolute Gasteiger partial charge is 0.141 e. The molecule has 0 saturated heterocycles.